The highest BCUT2D eigenvalue weighted by Gasteiger charge is 2.36. The molecule has 5 nitrogen and oxygen atoms in total. The van der Waals surface area contributed by atoms with E-state index >= 15 is 0 Å². The summed E-state index contributed by atoms with van der Waals surface area (Å²) in [7, 11) is 0. The second-order valence-corrected chi connectivity index (χ2v) is 8.33. The summed E-state index contributed by atoms with van der Waals surface area (Å²) < 4.78 is 0. The molecule has 27 heavy (non-hydrogen) atoms. The normalized spacial score (nSPS) is 18.5. The van der Waals surface area contributed by atoms with E-state index in [2.05, 4.69) is 27.3 Å². The highest BCUT2D eigenvalue weighted by Crippen LogP contribution is 2.46. The molecule has 4 aromatic rings. The molecule has 3 aromatic heterocycles. The van der Waals surface area contributed by atoms with Crippen molar-refractivity contribution in [2.75, 3.05) is 4.90 Å². The second-order valence-electron chi connectivity index (χ2n) is 7.41. The van der Waals surface area contributed by atoms with Crippen molar-refractivity contribution in [3.8, 4) is 11.4 Å². The number of nitrogens with one attached hydrogen (secondary N) is 2. The third-order valence-electron chi connectivity index (χ3n) is 5.92. The Balaban J connectivity index is 1.62. The number of aryl methyl sites for hydroxylation is 2. The lowest BCUT2D eigenvalue weighted by atomic mass is 9.99. The number of carbonyl (C=O) groups excluding carboxylic acids is 1. The Hall–Kier alpha value is -2.86. The van der Waals surface area contributed by atoms with Crippen molar-refractivity contribution in [1.29, 1.82) is 0 Å². The fraction of sp³-hybridized carbons (Fsp3) is 0.238. The fourth-order valence-electron chi connectivity index (χ4n) is 4.56. The quantitative estimate of drug-likeness (QED) is 0.498. The van der Waals surface area contributed by atoms with E-state index in [1.807, 2.05) is 35.5 Å². The molecule has 6 rings (SSSR count). The third-order valence-corrected chi connectivity index (χ3v) is 6.77. The lowest BCUT2D eigenvalue weighted by Gasteiger charge is -2.15. The van der Waals surface area contributed by atoms with E-state index in [4.69, 9.17) is 0 Å². The van der Waals surface area contributed by atoms with Crippen molar-refractivity contribution in [3.05, 3.63) is 52.5 Å². The number of fused-ring (bicyclic) bond motifs is 6. The summed E-state index contributed by atoms with van der Waals surface area (Å²) in [5, 5.41) is 11.6. The van der Waals surface area contributed by atoms with E-state index in [0.717, 1.165) is 52.4 Å². The molecule has 0 spiro atoms. The van der Waals surface area contributed by atoms with E-state index in [1.165, 1.54) is 16.5 Å². The third kappa shape index (κ3) is 1.99. The van der Waals surface area contributed by atoms with Gasteiger partial charge in [0, 0.05) is 10.9 Å². The molecule has 1 aromatic carbocycles. The number of thiophene rings is 1. The first-order valence-corrected chi connectivity index (χ1v) is 10.2. The van der Waals surface area contributed by atoms with Gasteiger partial charge in [-0.25, -0.2) is 0 Å². The lowest BCUT2D eigenvalue weighted by Crippen LogP contribution is -2.21. The van der Waals surface area contributed by atoms with Crippen molar-refractivity contribution in [3.63, 3.8) is 0 Å². The number of hydrogen-bond donors (Lipinski definition) is 2. The molecule has 4 heterocycles. The summed E-state index contributed by atoms with van der Waals surface area (Å²) in [6.07, 6.45) is 5.11. The predicted octanol–water partition coefficient (Wildman–Crippen LogP) is 4.89. The Kier molecular flexibility index (Phi) is 3.00. The van der Waals surface area contributed by atoms with E-state index in [0.29, 0.717) is 0 Å². The van der Waals surface area contributed by atoms with Gasteiger partial charge in [0.2, 0.25) is 5.91 Å². The molecule has 6 heteroatoms. The molecule has 0 radical (unpaired) electrons. The van der Waals surface area contributed by atoms with Crippen LogP contribution in [0.5, 0.6) is 0 Å². The summed E-state index contributed by atoms with van der Waals surface area (Å²) in [6, 6.07) is 8.40. The Morgan fingerprint density at radius 3 is 3.04 bits per heavy atom. The first kappa shape index (κ1) is 15.2. The summed E-state index contributed by atoms with van der Waals surface area (Å²) in [5.41, 5.74) is 8.10. The van der Waals surface area contributed by atoms with Crippen LogP contribution in [-0.4, -0.2) is 21.1 Å². The maximum absolute atomic E-state index is 12.9. The van der Waals surface area contributed by atoms with Gasteiger partial charge in [-0.05, 0) is 72.5 Å². The van der Waals surface area contributed by atoms with Gasteiger partial charge in [-0.2, -0.15) is 5.10 Å². The average Bonchev–Trinajstić information content (AvgIpc) is 3.42. The average molecular weight is 374 g/mol. The van der Waals surface area contributed by atoms with E-state index in [-0.39, 0.29) is 11.8 Å². The topological polar surface area (TPSA) is 64.8 Å². The van der Waals surface area contributed by atoms with Crippen LogP contribution in [0.1, 0.15) is 36.0 Å². The molecule has 1 unspecified atom stereocenters. The lowest BCUT2D eigenvalue weighted by molar-refractivity contribution is -0.118. The summed E-state index contributed by atoms with van der Waals surface area (Å²) >= 11 is 1.61. The minimum Gasteiger partial charge on any atom is -0.353 e. The molecule has 1 aliphatic carbocycles. The van der Waals surface area contributed by atoms with Gasteiger partial charge in [0.15, 0.2) is 0 Å². The minimum absolute atomic E-state index is 0.127. The second kappa shape index (κ2) is 5.33. The van der Waals surface area contributed by atoms with Crippen LogP contribution in [0, 0.1) is 0 Å². The van der Waals surface area contributed by atoms with Crippen molar-refractivity contribution < 1.29 is 4.79 Å². The summed E-state index contributed by atoms with van der Waals surface area (Å²) in [5.74, 6) is 0.0272. The van der Waals surface area contributed by atoms with Gasteiger partial charge in [0.05, 0.1) is 29.2 Å². The summed E-state index contributed by atoms with van der Waals surface area (Å²) in [6.45, 7) is 2.00. The molecule has 1 aliphatic heterocycles. The highest BCUT2D eigenvalue weighted by atomic mass is 32.1. The highest BCUT2D eigenvalue weighted by molar-refractivity contribution is 7.14. The molecule has 0 saturated heterocycles. The Bertz CT molecular complexity index is 1200. The molecular weight excluding hydrogens is 356 g/mol. The van der Waals surface area contributed by atoms with Gasteiger partial charge in [-0.1, -0.05) is 0 Å². The number of carbonyl (C=O) groups is 1. The van der Waals surface area contributed by atoms with Crippen LogP contribution in [0.4, 0.5) is 10.7 Å². The summed E-state index contributed by atoms with van der Waals surface area (Å²) in [4.78, 5) is 18.4. The Labute approximate surface area is 160 Å². The SMILES string of the molecule is CC1C(=O)N(c2cccs2)c2cc3c4c([nH]c3cc21)-c1[nH]ncc1CCC4. The van der Waals surface area contributed by atoms with Gasteiger partial charge < -0.3 is 4.98 Å². The number of benzene rings is 1. The number of aromatic nitrogens is 3. The predicted molar refractivity (Wildman–Crippen MR) is 108 cm³/mol. The van der Waals surface area contributed by atoms with Crippen LogP contribution in [0.15, 0.2) is 35.8 Å². The number of anilines is 2. The maximum atomic E-state index is 12.9. The van der Waals surface area contributed by atoms with E-state index in [9.17, 15) is 4.79 Å². The van der Waals surface area contributed by atoms with Gasteiger partial charge >= 0.3 is 0 Å². The number of H-pyrrole nitrogens is 2. The van der Waals surface area contributed by atoms with Gasteiger partial charge in [-0.3, -0.25) is 14.8 Å². The zero-order valence-corrected chi connectivity index (χ0v) is 15.7. The molecule has 0 saturated carbocycles. The smallest absolute Gasteiger partial charge is 0.239 e. The molecule has 134 valence electrons. The number of rotatable bonds is 1. The van der Waals surface area contributed by atoms with Gasteiger partial charge in [0.1, 0.15) is 5.00 Å². The monoisotopic (exact) mass is 374 g/mol. The van der Waals surface area contributed by atoms with Gasteiger partial charge in [-0.15, -0.1) is 11.3 Å². The molecule has 1 amide bonds. The maximum Gasteiger partial charge on any atom is 0.239 e. The number of aromatic amines is 2. The molecule has 0 bridgehead atoms. The zero-order valence-electron chi connectivity index (χ0n) is 14.9. The standard InChI is InChI=1S/C21H18N4OS/c1-11-14-8-16-15(9-17(14)25(21(11)26)18-6-3-7-27-18)13-5-2-4-12-10-22-24-19(12)20(13)23-16/h3,6-11,23H,2,4-5H2,1H3,(H,22,24). The molecule has 0 fully saturated rings. The van der Waals surface area contributed by atoms with Crippen LogP contribution < -0.4 is 4.90 Å². The Morgan fingerprint density at radius 2 is 2.19 bits per heavy atom. The van der Waals surface area contributed by atoms with E-state index in [1.54, 1.807) is 11.3 Å². The fourth-order valence-corrected chi connectivity index (χ4v) is 5.31. The molecular formula is C21H18N4OS. The van der Waals surface area contributed by atoms with E-state index < -0.39 is 0 Å². The molecule has 2 N–H and O–H groups in total. The molecule has 2 aliphatic rings. The number of hydrogen-bond acceptors (Lipinski definition) is 3. The number of nitrogens with zero attached hydrogens (tertiary/aromatic N) is 2. The van der Waals surface area contributed by atoms with Crippen molar-refractivity contribution in [2.45, 2.75) is 32.1 Å². The van der Waals surface area contributed by atoms with Crippen LogP contribution in [0.2, 0.25) is 0 Å². The number of amides is 1. The first-order valence-electron chi connectivity index (χ1n) is 9.31. The largest absolute Gasteiger partial charge is 0.353 e. The zero-order chi connectivity index (χ0) is 18.1. The minimum atomic E-state index is -0.127. The molecule has 1 atom stereocenters. The Morgan fingerprint density at radius 1 is 1.26 bits per heavy atom. The van der Waals surface area contributed by atoms with Crippen molar-refractivity contribution in [1.82, 2.24) is 15.2 Å². The first-order chi connectivity index (χ1) is 13.2. The van der Waals surface area contributed by atoms with Crippen LogP contribution in [0.25, 0.3) is 22.3 Å². The van der Waals surface area contributed by atoms with Crippen LogP contribution >= 0.6 is 11.3 Å². The van der Waals surface area contributed by atoms with Gasteiger partial charge in [0.25, 0.3) is 0 Å². The van der Waals surface area contributed by atoms with Crippen molar-refractivity contribution >= 4 is 38.8 Å². The van der Waals surface area contributed by atoms with Crippen molar-refractivity contribution in [2.24, 2.45) is 0 Å². The van der Waals surface area contributed by atoms with Crippen LogP contribution in [-0.2, 0) is 17.6 Å². The van der Waals surface area contributed by atoms with Crippen LogP contribution in [0.3, 0.4) is 0 Å².